The van der Waals surface area contributed by atoms with Gasteiger partial charge in [0, 0.05) is 75.1 Å². The standard InChI is InChI=1S/C25H31ClN6O4S2/c1-18-2-4-19(5-3-18)30-14-12-29(13-15-30)9-6-20-16-25(23(33)36-20)7-10-31(11-8-25)38(34,35)24-27-21-17-37-28-22(21)32(24)26/h2-5,17,20H,6-16H2,1H3. The van der Waals surface area contributed by atoms with Gasteiger partial charge in [-0.1, -0.05) is 17.7 Å². The summed E-state index contributed by atoms with van der Waals surface area (Å²) in [6, 6.07) is 8.67. The Hall–Kier alpha value is -2.25. The maximum absolute atomic E-state index is 13.2. The molecular weight excluding hydrogens is 548 g/mol. The number of hydrogen-bond acceptors (Lipinski definition) is 9. The average molecular weight is 579 g/mol. The molecule has 0 saturated carbocycles. The summed E-state index contributed by atoms with van der Waals surface area (Å²) < 4.78 is 38.8. The molecule has 0 radical (unpaired) electrons. The van der Waals surface area contributed by atoms with Crippen LogP contribution in [0.15, 0.2) is 34.8 Å². The third-order valence-corrected chi connectivity index (χ3v) is 11.0. The van der Waals surface area contributed by atoms with E-state index in [9.17, 15) is 13.2 Å². The maximum Gasteiger partial charge on any atom is 0.312 e. The van der Waals surface area contributed by atoms with E-state index in [-0.39, 0.29) is 30.3 Å². The van der Waals surface area contributed by atoms with E-state index in [0.29, 0.717) is 30.4 Å². The molecule has 1 aromatic carbocycles. The zero-order chi connectivity index (χ0) is 26.5. The van der Waals surface area contributed by atoms with Crippen molar-refractivity contribution in [2.75, 3.05) is 50.7 Å². The number of carbonyl (C=O) groups is 1. The molecule has 0 bridgehead atoms. The van der Waals surface area contributed by atoms with Crippen LogP contribution < -0.4 is 4.90 Å². The van der Waals surface area contributed by atoms with Crippen LogP contribution in [0.3, 0.4) is 0 Å². The minimum absolute atomic E-state index is 0.125. The number of sulfonamides is 1. The number of piperidine rings is 1. The number of anilines is 1. The summed E-state index contributed by atoms with van der Waals surface area (Å²) in [5.41, 5.74) is 2.71. The number of carbonyl (C=O) groups excluding carboxylic acids is 1. The number of ether oxygens (including phenoxy) is 1. The number of imidazole rings is 1. The Labute approximate surface area is 231 Å². The first-order valence-corrected chi connectivity index (χ1v) is 15.6. The number of benzene rings is 1. The lowest BCUT2D eigenvalue weighted by Gasteiger charge is -2.36. The zero-order valence-corrected chi connectivity index (χ0v) is 23.6. The molecule has 0 amide bonds. The fourth-order valence-corrected chi connectivity index (χ4v) is 8.27. The fraction of sp³-hybridized carbons (Fsp3) is 0.560. The highest BCUT2D eigenvalue weighted by Gasteiger charge is 2.52. The van der Waals surface area contributed by atoms with Gasteiger partial charge in [0.25, 0.3) is 15.2 Å². The van der Waals surface area contributed by atoms with Gasteiger partial charge in [0.1, 0.15) is 11.6 Å². The number of rotatable bonds is 6. The van der Waals surface area contributed by atoms with Crippen LogP contribution >= 0.6 is 23.3 Å². The highest BCUT2D eigenvalue weighted by molar-refractivity contribution is 7.89. The molecule has 204 valence electrons. The molecular formula is C25H31ClN6O4S2. The normalized spacial score (nSPS) is 22.9. The number of fused-ring (bicyclic) bond motifs is 1. The SMILES string of the molecule is Cc1ccc(N2CCN(CCC3CC4(CCN(S(=O)(=O)c5nc6csnc6n5Cl)CC4)C(=O)O3)CC2)cc1. The van der Waals surface area contributed by atoms with Crippen LogP contribution in [-0.4, -0.2) is 89.0 Å². The zero-order valence-electron chi connectivity index (χ0n) is 21.3. The molecule has 3 aromatic rings. The van der Waals surface area contributed by atoms with Crippen LogP contribution in [0.4, 0.5) is 5.69 Å². The van der Waals surface area contributed by atoms with Crippen molar-refractivity contribution < 1.29 is 17.9 Å². The van der Waals surface area contributed by atoms with Gasteiger partial charge in [-0.2, -0.15) is 8.68 Å². The molecule has 38 heavy (non-hydrogen) atoms. The smallest absolute Gasteiger partial charge is 0.312 e. The van der Waals surface area contributed by atoms with E-state index >= 15 is 0 Å². The monoisotopic (exact) mass is 578 g/mol. The molecule has 2 aromatic heterocycles. The predicted octanol–water partition coefficient (Wildman–Crippen LogP) is 3.10. The van der Waals surface area contributed by atoms with Gasteiger partial charge < -0.3 is 9.64 Å². The van der Waals surface area contributed by atoms with E-state index in [1.807, 2.05) is 0 Å². The second kappa shape index (κ2) is 10.1. The van der Waals surface area contributed by atoms with Crippen LogP contribution in [0.2, 0.25) is 0 Å². The summed E-state index contributed by atoms with van der Waals surface area (Å²) in [6.45, 7) is 7.38. The van der Waals surface area contributed by atoms with Crippen molar-refractivity contribution in [3.05, 3.63) is 35.2 Å². The number of aryl methyl sites for hydroxylation is 1. The van der Waals surface area contributed by atoms with E-state index in [1.165, 1.54) is 27.1 Å². The van der Waals surface area contributed by atoms with Gasteiger partial charge in [0.2, 0.25) is 0 Å². The topological polar surface area (TPSA) is 101 Å². The average Bonchev–Trinajstić information content (AvgIpc) is 3.59. The Kier molecular flexibility index (Phi) is 6.88. The number of nitrogens with zero attached hydrogens (tertiary/aromatic N) is 6. The summed E-state index contributed by atoms with van der Waals surface area (Å²) in [7, 11) is -3.90. The van der Waals surface area contributed by atoms with Gasteiger partial charge in [-0.05, 0) is 49.9 Å². The Morgan fingerprint density at radius 3 is 2.50 bits per heavy atom. The summed E-state index contributed by atoms with van der Waals surface area (Å²) in [5, 5.41) is 1.44. The van der Waals surface area contributed by atoms with Gasteiger partial charge in [-0.15, -0.1) is 0 Å². The van der Waals surface area contributed by atoms with Crippen molar-refractivity contribution >= 4 is 56.2 Å². The molecule has 3 aliphatic heterocycles. The molecule has 5 heterocycles. The summed E-state index contributed by atoms with van der Waals surface area (Å²) in [6.07, 6.45) is 2.19. The first-order chi connectivity index (χ1) is 18.2. The van der Waals surface area contributed by atoms with Gasteiger partial charge in [-0.3, -0.25) is 9.69 Å². The molecule has 3 aliphatic rings. The van der Waals surface area contributed by atoms with Crippen LogP contribution in [-0.2, 0) is 19.6 Å². The van der Waals surface area contributed by atoms with Crippen molar-refractivity contribution in [3.63, 3.8) is 0 Å². The molecule has 10 nitrogen and oxygen atoms in total. The van der Waals surface area contributed by atoms with Gasteiger partial charge in [0.05, 0.1) is 5.41 Å². The van der Waals surface area contributed by atoms with E-state index in [0.717, 1.165) is 43.2 Å². The second-order valence-corrected chi connectivity index (χ2v) is 13.4. The molecule has 1 unspecified atom stereocenters. The Balaban J connectivity index is 1.01. The molecule has 0 aliphatic carbocycles. The van der Waals surface area contributed by atoms with Crippen molar-refractivity contribution in [1.29, 1.82) is 0 Å². The Morgan fingerprint density at radius 2 is 1.82 bits per heavy atom. The van der Waals surface area contributed by atoms with E-state index < -0.39 is 15.4 Å². The third-order valence-electron chi connectivity index (χ3n) is 8.22. The number of piperazine rings is 1. The maximum atomic E-state index is 13.2. The predicted molar refractivity (Wildman–Crippen MR) is 146 cm³/mol. The lowest BCUT2D eigenvalue weighted by molar-refractivity contribution is -0.150. The molecule has 6 rings (SSSR count). The number of hydrogen-bond donors (Lipinski definition) is 0. The summed E-state index contributed by atoms with van der Waals surface area (Å²) >= 11 is 7.39. The van der Waals surface area contributed by atoms with Gasteiger partial charge in [-0.25, -0.2) is 17.5 Å². The minimum Gasteiger partial charge on any atom is -0.462 e. The Morgan fingerprint density at radius 1 is 1.11 bits per heavy atom. The Bertz CT molecular complexity index is 1420. The highest BCUT2D eigenvalue weighted by atomic mass is 35.5. The summed E-state index contributed by atoms with van der Waals surface area (Å²) in [5.74, 6) is -0.188. The summed E-state index contributed by atoms with van der Waals surface area (Å²) in [4.78, 5) is 22.0. The molecule has 13 heteroatoms. The van der Waals surface area contributed by atoms with E-state index in [1.54, 1.807) is 5.38 Å². The van der Waals surface area contributed by atoms with Crippen LogP contribution in [0.25, 0.3) is 11.2 Å². The van der Waals surface area contributed by atoms with Gasteiger partial charge in [0.15, 0.2) is 5.65 Å². The largest absolute Gasteiger partial charge is 0.462 e. The van der Waals surface area contributed by atoms with Crippen LogP contribution in [0, 0.1) is 12.3 Å². The molecule has 0 N–H and O–H groups in total. The van der Waals surface area contributed by atoms with Crippen LogP contribution in [0.1, 0.15) is 31.2 Å². The molecule has 3 saturated heterocycles. The molecule has 1 spiro atoms. The lowest BCUT2D eigenvalue weighted by Crippen LogP contribution is -2.47. The second-order valence-electron chi connectivity index (χ2n) is 10.6. The van der Waals surface area contributed by atoms with E-state index in [2.05, 4.69) is 50.3 Å². The lowest BCUT2D eigenvalue weighted by atomic mass is 9.76. The molecule has 1 atom stereocenters. The number of esters is 1. The van der Waals surface area contributed by atoms with Crippen molar-refractivity contribution in [3.8, 4) is 0 Å². The number of halogens is 1. The van der Waals surface area contributed by atoms with Crippen molar-refractivity contribution in [2.24, 2.45) is 5.41 Å². The number of aromatic nitrogens is 3. The van der Waals surface area contributed by atoms with E-state index in [4.69, 9.17) is 16.5 Å². The van der Waals surface area contributed by atoms with Crippen molar-refractivity contribution in [2.45, 2.75) is 43.9 Å². The van der Waals surface area contributed by atoms with Gasteiger partial charge >= 0.3 is 5.97 Å². The third kappa shape index (κ3) is 4.70. The van der Waals surface area contributed by atoms with Crippen molar-refractivity contribution in [1.82, 2.24) is 22.6 Å². The van der Waals surface area contributed by atoms with Crippen LogP contribution in [0.5, 0.6) is 0 Å². The fourth-order valence-electron chi connectivity index (χ4n) is 5.82. The minimum atomic E-state index is -3.90. The first-order valence-electron chi connectivity index (χ1n) is 13.0. The highest BCUT2D eigenvalue weighted by Crippen LogP contribution is 2.44. The molecule has 3 fully saturated rings. The first kappa shape index (κ1) is 26.0. The quantitative estimate of drug-likeness (QED) is 0.411. The number of cyclic esters (lactones) is 1.